The second-order valence-corrected chi connectivity index (χ2v) is 4.64. The molecule has 3 nitrogen and oxygen atoms in total. The molecule has 1 aromatic heterocycles. The molecule has 2 rings (SSSR count). The summed E-state index contributed by atoms with van der Waals surface area (Å²) < 4.78 is 38.1. The fraction of sp³-hybridized carbons (Fsp3) is 0.333. The number of aryl methyl sites for hydroxylation is 1. The predicted molar refractivity (Wildman–Crippen MR) is 75.2 cm³/mol. The van der Waals surface area contributed by atoms with Crippen LogP contribution in [0.25, 0.3) is 0 Å². The Morgan fingerprint density at radius 2 is 1.90 bits per heavy atom. The average molecular weight is 295 g/mol. The fourth-order valence-corrected chi connectivity index (χ4v) is 1.98. The van der Waals surface area contributed by atoms with Crippen molar-refractivity contribution in [3.63, 3.8) is 0 Å². The summed E-state index contributed by atoms with van der Waals surface area (Å²) >= 11 is 0. The molecule has 0 aliphatic rings. The molecular formula is C15H16F3N3. The molecule has 0 aliphatic heterocycles. The van der Waals surface area contributed by atoms with E-state index in [-0.39, 0.29) is 6.42 Å². The Bertz CT molecular complexity index is 602. The maximum absolute atomic E-state index is 12.7. The van der Waals surface area contributed by atoms with Crippen LogP contribution < -0.4 is 5.32 Å². The molecule has 0 aliphatic carbocycles. The van der Waals surface area contributed by atoms with Crippen molar-refractivity contribution in [2.24, 2.45) is 0 Å². The van der Waals surface area contributed by atoms with Crippen molar-refractivity contribution in [3.05, 3.63) is 53.0 Å². The smallest absolute Gasteiger partial charge is 0.373 e. The van der Waals surface area contributed by atoms with E-state index in [2.05, 4.69) is 15.3 Å². The summed E-state index contributed by atoms with van der Waals surface area (Å²) in [6, 6.07) is 7.08. The standard InChI is InChI=1S/C15H16F3N3/c1-3-12-9-13(19-2)21-14(20-12)8-10-5-4-6-11(7-10)15(16,17)18/h4-7,9H,3,8H2,1-2H3,(H,19,20,21). The molecule has 1 heterocycles. The predicted octanol–water partition coefficient (Wildman–Crippen LogP) is 3.69. The van der Waals surface area contributed by atoms with Crippen molar-refractivity contribution >= 4 is 5.82 Å². The molecule has 0 fully saturated rings. The summed E-state index contributed by atoms with van der Waals surface area (Å²) in [5.74, 6) is 1.18. The van der Waals surface area contributed by atoms with E-state index in [4.69, 9.17) is 0 Å². The molecule has 21 heavy (non-hydrogen) atoms. The summed E-state index contributed by atoms with van der Waals surface area (Å²) in [7, 11) is 1.75. The minimum atomic E-state index is -4.34. The number of hydrogen-bond donors (Lipinski definition) is 1. The van der Waals surface area contributed by atoms with E-state index in [9.17, 15) is 13.2 Å². The monoisotopic (exact) mass is 295 g/mol. The molecule has 0 amide bonds. The first-order valence-electron chi connectivity index (χ1n) is 6.63. The van der Waals surface area contributed by atoms with Crippen molar-refractivity contribution in [2.45, 2.75) is 25.9 Å². The molecule has 0 saturated heterocycles. The van der Waals surface area contributed by atoms with E-state index in [0.29, 0.717) is 17.2 Å². The number of rotatable bonds is 4. The maximum atomic E-state index is 12.7. The van der Waals surface area contributed by atoms with E-state index in [1.807, 2.05) is 13.0 Å². The number of alkyl halides is 3. The number of halogens is 3. The topological polar surface area (TPSA) is 37.8 Å². The first-order chi connectivity index (χ1) is 9.92. The van der Waals surface area contributed by atoms with Crippen LogP contribution in [0.5, 0.6) is 0 Å². The Hall–Kier alpha value is -2.11. The molecular weight excluding hydrogens is 279 g/mol. The van der Waals surface area contributed by atoms with Crippen LogP contribution >= 0.6 is 0 Å². The van der Waals surface area contributed by atoms with Crippen molar-refractivity contribution in [1.29, 1.82) is 0 Å². The van der Waals surface area contributed by atoms with Gasteiger partial charge in [0.1, 0.15) is 11.6 Å². The van der Waals surface area contributed by atoms with Gasteiger partial charge in [0.25, 0.3) is 0 Å². The highest BCUT2D eigenvalue weighted by Gasteiger charge is 2.30. The van der Waals surface area contributed by atoms with Gasteiger partial charge in [0.2, 0.25) is 0 Å². The third-order valence-electron chi connectivity index (χ3n) is 3.06. The molecule has 6 heteroatoms. The van der Waals surface area contributed by atoms with Gasteiger partial charge in [-0.15, -0.1) is 0 Å². The van der Waals surface area contributed by atoms with Gasteiger partial charge in [-0.3, -0.25) is 0 Å². The van der Waals surface area contributed by atoms with E-state index < -0.39 is 11.7 Å². The second kappa shape index (κ2) is 6.11. The van der Waals surface area contributed by atoms with E-state index in [1.165, 1.54) is 6.07 Å². The minimum Gasteiger partial charge on any atom is -0.373 e. The third kappa shape index (κ3) is 3.93. The molecule has 0 radical (unpaired) electrons. The lowest BCUT2D eigenvalue weighted by Gasteiger charge is -2.09. The summed E-state index contributed by atoms with van der Waals surface area (Å²) in [5.41, 5.74) is 0.747. The highest BCUT2D eigenvalue weighted by molar-refractivity contribution is 5.36. The van der Waals surface area contributed by atoms with Crippen LogP contribution in [0, 0.1) is 0 Å². The Balaban J connectivity index is 2.30. The Morgan fingerprint density at radius 1 is 1.14 bits per heavy atom. The van der Waals surface area contributed by atoms with Crippen LogP contribution in [-0.4, -0.2) is 17.0 Å². The quantitative estimate of drug-likeness (QED) is 0.934. The first-order valence-corrected chi connectivity index (χ1v) is 6.63. The maximum Gasteiger partial charge on any atom is 0.416 e. The number of nitrogens with zero attached hydrogens (tertiary/aromatic N) is 2. The van der Waals surface area contributed by atoms with Gasteiger partial charge in [0.15, 0.2) is 0 Å². The summed E-state index contributed by atoms with van der Waals surface area (Å²) in [6.07, 6.45) is -3.32. The lowest BCUT2D eigenvalue weighted by atomic mass is 10.1. The molecule has 0 spiro atoms. The van der Waals surface area contributed by atoms with Crippen molar-refractivity contribution in [1.82, 2.24) is 9.97 Å². The average Bonchev–Trinajstić information content (AvgIpc) is 2.46. The molecule has 0 unspecified atom stereocenters. The van der Waals surface area contributed by atoms with Crippen LogP contribution in [0.15, 0.2) is 30.3 Å². The van der Waals surface area contributed by atoms with E-state index in [1.54, 1.807) is 13.1 Å². The highest BCUT2D eigenvalue weighted by Crippen LogP contribution is 2.29. The highest BCUT2D eigenvalue weighted by atomic mass is 19.4. The lowest BCUT2D eigenvalue weighted by molar-refractivity contribution is -0.137. The van der Waals surface area contributed by atoms with E-state index in [0.717, 1.165) is 24.2 Å². The van der Waals surface area contributed by atoms with Gasteiger partial charge < -0.3 is 5.32 Å². The molecule has 1 aromatic carbocycles. The SMILES string of the molecule is CCc1cc(NC)nc(Cc2cccc(C(F)(F)F)c2)n1. The zero-order chi connectivity index (χ0) is 15.5. The van der Waals surface area contributed by atoms with Gasteiger partial charge in [0.05, 0.1) is 5.56 Å². The van der Waals surface area contributed by atoms with Crippen molar-refractivity contribution in [2.75, 3.05) is 12.4 Å². The molecule has 112 valence electrons. The number of aromatic nitrogens is 2. The van der Waals surface area contributed by atoms with E-state index >= 15 is 0 Å². The summed E-state index contributed by atoms with van der Waals surface area (Å²) in [5, 5.41) is 2.93. The summed E-state index contributed by atoms with van der Waals surface area (Å²) in [6.45, 7) is 1.97. The molecule has 0 saturated carbocycles. The van der Waals surface area contributed by atoms with Gasteiger partial charge >= 0.3 is 6.18 Å². The van der Waals surface area contributed by atoms with Crippen LogP contribution in [0.2, 0.25) is 0 Å². The summed E-state index contributed by atoms with van der Waals surface area (Å²) in [4.78, 5) is 8.64. The van der Waals surface area contributed by atoms with Crippen molar-refractivity contribution < 1.29 is 13.2 Å². The van der Waals surface area contributed by atoms with Crippen molar-refractivity contribution in [3.8, 4) is 0 Å². The number of nitrogens with one attached hydrogen (secondary N) is 1. The Kier molecular flexibility index (Phi) is 4.45. The molecule has 0 bridgehead atoms. The van der Waals surface area contributed by atoms with Crippen LogP contribution in [0.3, 0.4) is 0 Å². The first kappa shape index (κ1) is 15.3. The van der Waals surface area contributed by atoms with Gasteiger partial charge in [-0.2, -0.15) is 13.2 Å². The zero-order valence-corrected chi connectivity index (χ0v) is 11.8. The minimum absolute atomic E-state index is 0.270. The fourth-order valence-electron chi connectivity index (χ4n) is 1.98. The van der Waals surface area contributed by atoms with Crippen LogP contribution in [-0.2, 0) is 19.0 Å². The zero-order valence-electron chi connectivity index (χ0n) is 11.8. The van der Waals surface area contributed by atoms with Gasteiger partial charge in [-0.1, -0.05) is 25.1 Å². The van der Waals surface area contributed by atoms with Gasteiger partial charge in [0, 0.05) is 25.2 Å². The molecule has 2 aromatic rings. The number of benzene rings is 1. The van der Waals surface area contributed by atoms with Crippen LogP contribution in [0.1, 0.15) is 29.6 Å². The van der Waals surface area contributed by atoms with Gasteiger partial charge in [-0.05, 0) is 18.1 Å². The van der Waals surface area contributed by atoms with Gasteiger partial charge in [-0.25, -0.2) is 9.97 Å². The molecule has 1 N–H and O–H groups in total. The third-order valence-corrected chi connectivity index (χ3v) is 3.06. The number of anilines is 1. The molecule has 0 atom stereocenters. The lowest BCUT2D eigenvalue weighted by Crippen LogP contribution is -2.07. The largest absolute Gasteiger partial charge is 0.416 e. The number of hydrogen-bond acceptors (Lipinski definition) is 3. The normalized spacial score (nSPS) is 11.5. The van der Waals surface area contributed by atoms with Crippen LogP contribution in [0.4, 0.5) is 19.0 Å². The Morgan fingerprint density at radius 3 is 2.52 bits per heavy atom. The Labute approximate surface area is 121 Å². The second-order valence-electron chi connectivity index (χ2n) is 4.64.